The third kappa shape index (κ3) is 5.52. The van der Waals surface area contributed by atoms with Crippen LogP contribution in [-0.4, -0.2) is 67.9 Å². The molecule has 2 aromatic rings. The molecule has 0 bridgehead atoms. The average molecular weight is 420 g/mol. The molecule has 0 radical (unpaired) electrons. The molecule has 1 aromatic carbocycles. The van der Waals surface area contributed by atoms with Gasteiger partial charge in [-0.25, -0.2) is 4.98 Å². The molecule has 0 spiro atoms. The number of para-hydroxylation sites is 2. The standard InChI is InChI=1S/C21H25N3O4.ClH/c25-21(16-26-14-17-15-27-18-6-1-2-7-19(18)28-17)24-11-5-10-23(12-13-24)20-8-3-4-9-22-20;/h1-4,6-9,17H,5,10-16H2;1H. The molecule has 1 amide bonds. The van der Waals surface area contributed by atoms with Gasteiger partial charge in [-0.1, -0.05) is 18.2 Å². The Balaban J connectivity index is 0.00000240. The quantitative estimate of drug-likeness (QED) is 0.741. The van der Waals surface area contributed by atoms with Crippen LogP contribution in [0.2, 0.25) is 0 Å². The predicted molar refractivity (Wildman–Crippen MR) is 112 cm³/mol. The monoisotopic (exact) mass is 419 g/mol. The zero-order valence-electron chi connectivity index (χ0n) is 16.2. The average Bonchev–Trinajstić information content (AvgIpc) is 3.01. The molecule has 1 unspecified atom stereocenters. The summed E-state index contributed by atoms with van der Waals surface area (Å²) in [5.74, 6) is 2.44. The minimum absolute atomic E-state index is 0. The van der Waals surface area contributed by atoms with Gasteiger partial charge in [-0.2, -0.15) is 0 Å². The second kappa shape index (κ2) is 10.3. The van der Waals surface area contributed by atoms with E-state index in [9.17, 15) is 4.79 Å². The summed E-state index contributed by atoms with van der Waals surface area (Å²) in [7, 11) is 0. The first-order valence-electron chi connectivity index (χ1n) is 9.69. The fourth-order valence-electron chi connectivity index (χ4n) is 3.45. The van der Waals surface area contributed by atoms with Crippen molar-refractivity contribution >= 4 is 24.1 Å². The van der Waals surface area contributed by atoms with E-state index in [-0.39, 0.29) is 31.0 Å². The molecule has 156 valence electrons. The van der Waals surface area contributed by atoms with Crippen molar-refractivity contribution in [3.05, 3.63) is 48.7 Å². The van der Waals surface area contributed by atoms with Crippen LogP contribution in [0.25, 0.3) is 0 Å². The number of pyridine rings is 1. The van der Waals surface area contributed by atoms with E-state index in [2.05, 4.69) is 9.88 Å². The van der Waals surface area contributed by atoms with E-state index < -0.39 is 0 Å². The van der Waals surface area contributed by atoms with Crippen LogP contribution >= 0.6 is 12.4 Å². The zero-order valence-corrected chi connectivity index (χ0v) is 17.1. The third-order valence-electron chi connectivity index (χ3n) is 4.92. The smallest absolute Gasteiger partial charge is 0.248 e. The molecule has 0 saturated carbocycles. The molecule has 2 aliphatic rings. The number of ether oxygens (including phenoxy) is 3. The fourth-order valence-corrected chi connectivity index (χ4v) is 3.45. The van der Waals surface area contributed by atoms with Crippen molar-refractivity contribution in [3.63, 3.8) is 0 Å². The highest BCUT2D eigenvalue weighted by Gasteiger charge is 2.23. The molecule has 0 N–H and O–H groups in total. The minimum Gasteiger partial charge on any atom is -0.486 e. The number of anilines is 1. The molecule has 1 aromatic heterocycles. The number of nitrogens with zero attached hydrogens (tertiary/aromatic N) is 3. The van der Waals surface area contributed by atoms with Crippen LogP contribution in [0.3, 0.4) is 0 Å². The Morgan fingerprint density at radius 1 is 1.07 bits per heavy atom. The summed E-state index contributed by atoms with van der Waals surface area (Å²) in [6.45, 7) is 3.90. The maximum atomic E-state index is 12.5. The summed E-state index contributed by atoms with van der Waals surface area (Å²) >= 11 is 0. The molecule has 1 fully saturated rings. The molecule has 3 heterocycles. The fraction of sp³-hybridized carbons (Fsp3) is 0.429. The van der Waals surface area contributed by atoms with Crippen molar-refractivity contribution in [2.45, 2.75) is 12.5 Å². The lowest BCUT2D eigenvalue weighted by Gasteiger charge is -2.26. The Morgan fingerprint density at radius 2 is 1.90 bits per heavy atom. The van der Waals surface area contributed by atoms with E-state index in [4.69, 9.17) is 14.2 Å². The highest BCUT2D eigenvalue weighted by Crippen LogP contribution is 2.30. The molecular formula is C21H26ClN3O4. The van der Waals surface area contributed by atoms with Crippen molar-refractivity contribution in [2.24, 2.45) is 0 Å². The van der Waals surface area contributed by atoms with E-state index >= 15 is 0 Å². The Morgan fingerprint density at radius 3 is 2.72 bits per heavy atom. The first-order valence-corrected chi connectivity index (χ1v) is 9.69. The van der Waals surface area contributed by atoms with E-state index in [1.54, 1.807) is 6.20 Å². The van der Waals surface area contributed by atoms with Gasteiger partial charge in [0.25, 0.3) is 0 Å². The first-order chi connectivity index (χ1) is 13.8. The summed E-state index contributed by atoms with van der Waals surface area (Å²) in [6, 6.07) is 13.5. The molecule has 8 heteroatoms. The van der Waals surface area contributed by atoms with Crippen molar-refractivity contribution in [1.82, 2.24) is 9.88 Å². The minimum atomic E-state index is -0.202. The van der Waals surface area contributed by atoms with E-state index in [0.717, 1.165) is 43.4 Å². The molecule has 1 atom stereocenters. The van der Waals surface area contributed by atoms with Crippen LogP contribution in [0.5, 0.6) is 11.5 Å². The van der Waals surface area contributed by atoms with Crippen molar-refractivity contribution in [1.29, 1.82) is 0 Å². The topological polar surface area (TPSA) is 64.1 Å². The lowest BCUT2D eigenvalue weighted by molar-refractivity contribution is -0.137. The van der Waals surface area contributed by atoms with Crippen molar-refractivity contribution in [3.8, 4) is 11.5 Å². The van der Waals surface area contributed by atoms with Gasteiger partial charge in [-0.05, 0) is 30.7 Å². The van der Waals surface area contributed by atoms with Gasteiger partial charge in [0.15, 0.2) is 17.6 Å². The molecule has 2 aliphatic heterocycles. The molecular weight excluding hydrogens is 394 g/mol. The Labute approximate surface area is 177 Å². The third-order valence-corrected chi connectivity index (χ3v) is 4.92. The number of carbonyl (C=O) groups excluding carboxylic acids is 1. The Kier molecular flexibility index (Phi) is 7.55. The van der Waals surface area contributed by atoms with Gasteiger partial charge in [0, 0.05) is 32.4 Å². The number of amides is 1. The molecule has 29 heavy (non-hydrogen) atoms. The van der Waals surface area contributed by atoms with Gasteiger partial charge in [0.1, 0.15) is 19.0 Å². The molecule has 1 saturated heterocycles. The van der Waals surface area contributed by atoms with Gasteiger partial charge in [-0.15, -0.1) is 12.4 Å². The van der Waals surface area contributed by atoms with E-state index in [1.807, 2.05) is 47.4 Å². The number of aromatic nitrogens is 1. The van der Waals surface area contributed by atoms with Gasteiger partial charge in [0.2, 0.25) is 5.91 Å². The molecule has 7 nitrogen and oxygen atoms in total. The van der Waals surface area contributed by atoms with Gasteiger partial charge in [0.05, 0.1) is 6.61 Å². The lowest BCUT2D eigenvalue weighted by Crippen LogP contribution is -2.39. The second-order valence-electron chi connectivity index (χ2n) is 6.92. The van der Waals surface area contributed by atoms with Crippen molar-refractivity contribution in [2.75, 3.05) is 50.9 Å². The van der Waals surface area contributed by atoms with Crippen LogP contribution in [0.1, 0.15) is 6.42 Å². The van der Waals surface area contributed by atoms with Crippen LogP contribution in [0.4, 0.5) is 5.82 Å². The maximum Gasteiger partial charge on any atom is 0.248 e. The highest BCUT2D eigenvalue weighted by molar-refractivity contribution is 5.85. The lowest BCUT2D eigenvalue weighted by atomic mass is 10.3. The van der Waals surface area contributed by atoms with Gasteiger partial charge in [-0.3, -0.25) is 4.79 Å². The van der Waals surface area contributed by atoms with Crippen LogP contribution in [0.15, 0.2) is 48.7 Å². The number of rotatable bonds is 5. The summed E-state index contributed by atoms with van der Waals surface area (Å²) in [6.07, 6.45) is 2.51. The summed E-state index contributed by atoms with van der Waals surface area (Å²) in [5, 5.41) is 0. The number of hydrogen-bond donors (Lipinski definition) is 0. The number of halogens is 1. The number of carbonyl (C=O) groups is 1. The van der Waals surface area contributed by atoms with Crippen LogP contribution < -0.4 is 14.4 Å². The van der Waals surface area contributed by atoms with Crippen LogP contribution in [0, 0.1) is 0 Å². The largest absolute Gasteiger partial charge is 0.486 e. The van der Waals surface area contributed by atoms with Crippen molar-refractivity contribution < 1.29 is 19.0 Å². The summed E-state index contributed by atoms with van der Waals surface area (Å²) in [5.41, 5.74) is 0. The first kappa shape index (κ1) is 21.2. The maximum absolute atomic E-state index is 12.5. The predicted octanol–water partition coefficient (Wildman–Crippen LogP) is 2.40. The van der Waals surface area contributed by atoms with E-state index in [1.165, 1.54) is 0 Å². The highest BCUT2D eigenvalue weighted by atomic mass is 35.5. The Bertz CT molecular complexity index is 793. The number of hydrogen-bond acceptors (Lipinski definition) is 6. The van der Waals surface area contributed by atoms with E-state index in [0.29, 0.717) is 19.8 Å². The number of fused-ring (bicyclic) bond motifs is 1. The Hall–Kier alpha value is -2.51. The summed E-state index contributed by atoms with van der Waals surface area (Å²) in [4.78, 5) is 21.0. The number of benzene rings is 1. The molecule has 4 rings (SSSR count). The van der Waals surface area contributed by atoms with Gasteiger partial charge < -0.3 is 24.0 Å². The van der Waals surface area contributed by atoms with Gasteiger partial charge >= 0.3 is 0 Å². The normalized spacial score (nSPS) is 18.6. The SMILES string of the molecule is Cl.O=C(COCC1COc2ccccc2O1)N1CCCN(c2ccccn2)CC1. The second-order valence-corrected chi connectivity index (χ2v) is 6.92. The zero-order chi connectivity index (χ0) is 19.2. The molecule has 0 aliphatic carbocycles. The summed E-state index contributed by atoms with van der Waals surface area (Å²) < 4.78 is 17.2. The van der Waals surface area contributed by atoms with Crippen LogP contribution in [-0.2, 0) is 9.53 Å².